The average molecular weight is 342 g/mol. The lowest BCUT2D eigenvalue weighted by molar-refractivity contribution is 0.598. The van der Waals surface area contributed by atoms with E-state index in [-0.39, 0.29) is 4.90 Å². The quantitative estimate of drug-likeness (QED) is 0.746. The van der Waals surface area contributed by atoms with Gasteiger partial charge in [0.05, 0.1) is 11.4 Å². The number of nitrogen functional groups attached to an aromatic ring is 1. The summed E-state index contributed by atoms with van der Waals surface area (Å²) in [4.78, 5) is -0.0387. The zero-order valence-electron chi connectivity index (χ0n) is 9.80. The number of nitrogens with two attached hydrogens (primary N) is 2. The fraction of sp³-hybridized carbons (Fsp3) is 0. The Hall–Kier alpha value is -1.57. The van der Waals surface area contributed by atoms with Gasteiger partial charge in [-0.3, -0.25) is 0 Å². The standard InChI is InChI=1S/C12H12BrN3O2S/c13-9-3-1-2-4-10(9)16-11-6-5-8(14)7-12(11)19(15,17)18/h1-7,16H,14H2,(H2,15,17,18). The minimum Gasteiger partial charge on any atom is -0.399 e. The van der Waals surface area contributed by atoms with Crippen molar-refractivity contribution < 1.29 is 8.42 Å². The summed E-state index contributed by atoms with van der Waals surface area (Å²) >= 11 is 3.38. The second-order valence-corrected chi connectivity index (χ2v) is 6.29. The van der Waals surface area contributed by atoms with Crippen LogP contribution in [-0.4, -0.2) is 8.42 Å². The summed E-state index contributed by atoms with van der Waals surface area (Å²) in [6.45, 7) is 0. The summed E-state index contributed by atoms with van der Waals surface area (Å²) in [6.07, 6.45) is 0. The van der Waals surface area contributed by atoms with E-state index in [2.05, 4.69) is 21.2 Å². The van der Waals surface area contributed by atoms with Crippen LogP contribution in [0.3, 0.4) is 0 Å². The minimum absolute atomic E-state index is 0.0387. The molecule has 0 fully saturated rings. The van der Waals surface area contributed by atoms with Crippen LogP contribution in [0.15, 0.2) is 51.8 Å². The first-order chi connectivity index (χ1) is 8.88. The van der Waals surface area contributed by atoms with Gasteiger partial charge in [0, 0.05) is 10.2 Å². The van der Waals surface area contributed by atoms with Gasteiger partial charge in [0.1, 0.15) is 4.90 Å². The maximum absolute atomic E-state index is 11.6. The smallest absolute Gasteiger partial charge is 0.240 e. The lowest BCUT2D eigenvalue weighted by Gasteiger charge is -2.12. The zero-order chi connectivity index (χ0) is 14.0. The van der Waals surface area contributed by atoms with Gasteiger partial charge in [-0.1, -0.05) is 12.1 Å². The van der Waals surface area contributed by atoms with E-state index in [9.17, 15) is 8.42 Å². The topological polar surface area (TPSA) is 98.2 Å². The summed E-state index contributed by atoms with van der Waals surface area (Å²) < 4.78 is 23.9. The lowest BCUT2D eigenvalue weighted by Crippen LogP contribution is -2.14. The van der Waals surface area contributed by atoms with Crippen molar-refractivity contribution in [2.45, 2.75) is 4.90 Å². The van der Waals surface area contributed by atoms with Crippen LogP contribution in [0.4, 0.5) is 17.1 Å². The summed E-state index contributed by atoms with van der Waals surface area (Å²) in [7, 11) is -3.85. The van der Waals surface area contributed by atoms with Crippen molar-refractivity contribution >= 4 is 43.0 Å². The molecule has 19 heavy (non-hydrogen) atoms. The molecule has 2 aromatic carbocycles. The van der Waals surface area contributed by atoms with Crippen molar-refractivity contribution in [3.8, 4) is 0 Å². The molecular weight excluding hydrogens is 330 g/mol. The summed E-state index contributed by atoms with van der Waals surface area (Å²) in [5, 5.41) is 8.20. The molecule has 100 valence electrons. The highest BCUT2D eigenvalue weighted by molar-refractivity contribution is 9.10. The van der Waals surface area contributed by atoms with Gasteiger partial charge in [-0.15, -0.1) is 0 Å². The zero-order valence-corrected chi connectivity index (χ0v) is 12.2. The molecule has 0 unspecified atom stereocenters. The minimum atomic E-state index is -3.85. The van der Waals surface area contributed by atoms with Crippen LogP contribution >= 0.6 is 15.9 Å². The van der Waals surface area contributed by atoms with Crippen molar-refractivity contribution in [2.75, 3.05) is 11.1 Å². The van der Waals surface area contributed by atoms with Crippen molar-refractivity contribution in [1.29, 1.82) is 0 Å². The molecule has 0 amide bonds. The molecule has 0 aliphatic carbocycles. The summed E-state index contributed by atoms with van der Waals surface area (Å²) in [5.74, 6) is 0. The number of para-hydroxylation sites is 1. The number of primary sulfonamides is 1. The molecule has 5 N–H and O–H groups in total. The number of anilines is 3. The second kappa shape index (κ2) is 5.20. The van der Waals surface area contributed by atoms with Crippen LogP contribution in [0, 0.1) is 0 Å². The average Bonchev–Trinajstić information content (AvgIpc) is 2.33. The van der Waals surface area contributed by atoms with E-state index in [1.807, 2.05) is 24.3 Å². The molecule has 0 bridgehead atoms. The van der Waals surface area contributed by atoms with E-state index in [1.54, 1.807) is 12.1 Å². The van der Waals surface area contributed by atoms with Gasteiger partial charge in [-0.25, -0.2) is 13.6 Å². The van der Waals surface area contributed by atoms with Crippen LogP contribution in [-0.2, 0) is 10.0 Å². The molecule has 0 saturated carbocycles. The SMILES string of the molecule is Nc1ccc(Nc2ccccc2Br)c(S(N)(=O)=O)c1. The van der Waals surface area contributed by atoms with E-state index < -0.39 is 10.0 Å². The molecule has 0 saturated heterocycles. The van der Waals surface area contributed by atoms with Crippen LogP contribution in [0.2, 0.25) is 0 Å². The largest absolute Gasteiger partial charge is 0.399 e. The van der Waals surface area contributed by atoms with E-state index in [1.165, 1.54) is 6.07 Å². The van der Waals surface area contributed by atoms with Gasteiger partial charge in [0.25, 0.3) is 0 Å². The number of hydrogen-bond donors (Lipinski definition) is 3. The first kappa shape index (κ1) is 13.9. The first-order valence-electron chi connectivity index (χ1n) is 5.32. The Morgan fingerprint density at radius 1 is 1.05 bits per heavy atom. The Labute approximate surface area is 119 Å². The van der Waals surface area contributed by atoms with Crippen molar-refractivity contribution in [3.05, 3.63) is 46.9 Å². The van der Waals surface area contributed by atoms with Crippen molar-refractivity contribution in [2.24, 2.45) is 5.14 Å². The maximum Gasteiger partial charge on any atom is 0.240 e. The fourth-order valence-electron chi connectivity index (χ4n) is 1.59. The molecule has 0 radical (unpaired) electrons. The highest BCUT2D eigenvalue weighted by Gasteiger charge is 2.15. The van der Waals surface area contributed by atoms with Gasteiger partial charge < -0.3 is 11.1 Å². The molecule has 0 aromatic heterocycles. The number of sulfonamides is 1. The Morgan fingerprint density at radius 2 is 1.74 bits per heavy atom. The van der Waals surface area contributed by atoms with E-state index in [0.717, 1.165) is 10.2 Å². The van der Waals surface area contributed by atoms with Crippen molar-refractivity contribution in [1.82, 2.24) is 0 Å². The van der Waals surface area contributed by atoms with Crippen molar-refractivity contribution in [3.63, 3.8) is 0 Å². The van der Waals surface area contributed by atoms with Crippen LogP contribution in [0.5, 0.6) is 0 Å². The fourth-order valence-corrected chi connectivity index (χ4v) is 2.70. The van der Waals surface area contributed by atoms with E-state index in [4.69, 9.17) is 10.9 Å². The number of halogens is 1. The Kier molecular flexibility index (Phi) is 3.79. The normalized spacial score (nSPS) is 11.3. The molecule has 0 aliphatic rings. The molecule has 2 rings (SSSR count). The van der Waals surface area contributed by atoms with E-state index in [0.29, 0.717) is 11.4 Å². The second-order valence-electron chi connectivity index (χ2n) is 3.91. The molecule has 5 nitrogen and oxygen atoms in total. The third-order valence-electron chi connectivity index (χ3n) is 2.46. The summed E-state index contributed by atoms with van der Waals surface area (Å²) in [5.41, 5.74) is 7.04. The number of hydrogen-bond acceptors (Lipinski definition) is 4. The lowest BCUT2D eigenvalue weighted by atomic mass is 10.2. The van der Waals surface area contributed by atoms with Gasteiger partial charge >= 0.3 is 0 Å². The van der Waals surface area contributed by atoms with Crippen LogP contribution in [0.25, 0.3) is 0 Å². The molecule has 0 aliphatic heterocycles. The van der Waals surface area contributed by atoms with E-state index >= 15 is 0 Å². The highest BCUT2D eigenvalue weighted by Crippen LogP contribution is 2.29. The Bertz CT molecular complexity index is 717. The molecule has 0 atom stereocenters. The van der Waals surface area contributed by atoms with Crippen LogP contribution in [0.1, 0.15) is 0 Å². The van der Waals surface area contributed by atoms with Gasteiger partial charge in [0.15, 0.2) is 0 Å². The third kappa shape index (κ3) is 3.25. The number of nitrogens with one attached hydrogen (secondary N) is 1. The molecule has 0 spiro atoms. The molecular formula is C12H12BrN3O2S. The van der Waals surface area contributed by atoms with Crippen LogP contribution < -0.4 is 16.2 Å². The summed E-state index contributed by atoms with van der Waals surface area (Å²) in [6, 6.07) is 11.9. The monoisotopic (exact) mass is 341 g/mol. The Morgan fingerprint density at radius 3 is 2.37 bits per heavy atom. The third-order valence-corrected chi connectivity index (χ3v) is 4.10. The highest BCUT2D eigenvalue weighted by atomic mass is 79.9. The van der Waals surface area contributed by atoms with Gasteiger partial charge in [-0.2, -0.15) is 0 Å². The number of rotatable bonds is 3. The Balaban J connectivity index is 2.50. The van der Waals surface area contributed by atoms with Gasteiger partial charge in [-0.05, 0) is 46.3 Å². The predicted molar refractivity (Wildman–Crippen MR) is 79.7 cm³/mol. The molecule has 7 heteroatoms. The predicted octanol–water partition coefficient (Wildman–Crippen LogP) is 2.42. The molecule has 2 aromatic rings. The maximum atomic E-state index is 11.6. The van der Waals surface area contributed by atoms with Gasteiger partial charge in [0.2, 0.25) is 10.0 Å². The first-order valence-corrected chi connectivity index (χ1v) is 7.66. The molecule has 0 heterocycles. The number of benzene rings is 2.